The lowest BCUT2D eigenvalue weighted by Gasteiger charge is -2.15. The summed E-state index contributed by atoms with van der Waals surface area (Å²) >= 11 is 0. The van der Waals surface area contributed by atoms with E-state index < -0.39 is 0 Å². The van der Waals surface area contributed by atoms with Crippen molar-refractivity contribution >= 4 is 11.6 Å². The van der Waals surface area contributed by atoms with E-state index in [0.717, 1.165) is 11.4 Å². The minimum Gasteiger partial charge on any atom is -0.487 e. The van der Waals surface area contributed by atoms with Crippen molar-refractivity contribution in [2.24, 2.45) is 0 Å². The van der Waals surface area contributed by atoms with Crippen molar-refractivity contribution in [1.29, 1.82) is 0 Å². The summed E-state index contributed by atoms with van der Waals surface area (Å²) in [5.74, 6) is 2.03. The van der Waals surface area contributed by atoms with E-state index in [1.807, 2.05) is 62.4 Å². The van der Waals surface area contributed by atoms with E-state index in [9.17, 15) is 0 Å². The Morgan fingerprint density at radius 1 is 0.870 bits per heavy atom. The minimum absolute atomic E-state index is 0.0572. The van der Waals surface area contributed by atoms with Crippen LogP contribution in [0.3, 0.4) is 0 Å². The molecule has 23 heavy (non-hydrogen) atoms. The van der Waals surface area contributed by atoms with Crippen LogP contribution in [0.15, 0.2) is 60.9 Å². The standard InChI is InChI=1S/C18H18N4O/c1-13(2)23-16-10-9-15(14-7-3-5-11-19-14)21-18(16)22-17-8-4-6-12-20-17/h3-13H,1-2H3,(H,20,21,22). The molecule has 3 aromatic rings. The van der Waals surface area contributed by atoms with E-state index >= 15 is 0 Å². The monoisotopic (exact) mass is 306 g/mol. The van der Waals surface area contributed by atoms with Gasteiger partial charge in [0.05, 0.1) is 17.5 Å². The van der Waals surface area contributed by atoms with Crippen molar-refractivity contribution in [3.05, 3.63) is 60.9 Å². The first-order valence-corrected chi connectivity index (χ1v) is 7.49. The first-order chi connectivity index (χ1) is 11.2. The predicted molar refractivity (Wildman–Crippen MR) is 90.8 cm³/mol. The Kier molecular flexibility index (Phi) is 4.47. The van der Waals surface area contributed by atoms with Gasteiger partial charge in [-0.15, -0.1) is 0 Å². The summed E-state index contributed by atoms with van der Waals surface area (Å²) in [6.45, 7) is 3.97. The molecule has 3 rings (SSSR count). The molecule has 0 saturated carbocycles. The highest BCUT2D eigenvalue weighted by atomic mass is 16.5. The van der Waals surface area contributed by atoms with Gasteiger partial charge in [-0.2, -0.15) is 0 Å². The van der Waals surface area contributed by atoms with E-state index in [2.05, 4.69) is 20.3 Å². The summed E-state index contributed by atoms with van der Waals surface area (Å²) in [6, 6.07) is 15.2. The second-order valence-corrected chi connectivity index (χ2v) is 5.26. The maximum Gasteiger partial charge on any atom is 0.175 e. The number of rotatable bonds is 5. The largest absolute Gasteiger partial charge is 0.487 e. The highest BCUT2D eigenvalue weighted by Crippen LogP contribution is 2.29. The first kappa shape index (κ1) is 15.0. The number of hydrogen-bond donors (Lipinski definition) is 1. The molecule has 0 radical (unpaired) electrons. The molecule has 0 aromatic carbocycles. The summed E-state index contributed by atoms with van der Waals surface area (Å²) < 4.78 is 5.84. The van der Waals surface area contributed by atoms with Gasteiger partial charge in [0.2, 0.25) is 0 Å². The lowest BCUT2D eigenvalue weighted by atomic mass is 10.2. The molecule has 3 aromatic heterocycles. The number of ether oxygens (including phenoxy) is 1. The molecule has 0 amide bonds. The number of nitrogens with one attached hydrogen (secondary N) is 1. The maximum absolute atomic E-state index is 5.84. The molecule has 3 heterocycles. The van der Waals surface area contributed by atoms with Gasteiger partial charge < -0.3 is 10.1 Å². The zero-order valence-electron chi connectivity index (χ0n) is 13.1. The van der Waals surface area contributed by atoms with Crippen LogP contribution in [-0.4, -0.2) is 21.1 Å². The summed E-state index contributed by atoms with van der Waals surface area (Å²) in [6.07, 6.45) is 3.54. The maximum atomic E-state index is 5.84. The van der Waals surface area contributed by atoms with Crippen LogP contribution in [0.25, 0.3) is 11.4 Å². The fourth-order valence-corrected chi connectivity index (χ4v) is 2.10. The van der Waals surface area contributed by atoms with Crippen LogP contribution in [0.2, 0.25) is 0 Å². The number of nitrogens with zero attached hydrogens (tertiary/aromatic N) is 3. The van der Waals surface area contributed by atoms with Gasteiger partial charge >= 0.3 is 0 Å². The quantitative estimate of drug-likeness (QED) is 0.770. The van der Waals surface area contributed by atoms with Crippen LogP contribution in [0.4, 0.5) is 11.6 Å². The van der Waals surface area contributed by atoms with E-state index in [0.29, 0.717) is 17.4 Å². The SMILES string of the molecule is CC(C)Oc1ccc(-c2ccccn2)nc1Nc1ccccn1. The molecule has 0 aliphatic rings. The van der Waals surface area contributed by atoms with Crippen molar-refractivity contribution in [3.8, 4) is 17.1 Å². The Morgan fingerprint density at radius 2 is 1.65 bits per heavy atom. The molecule has 0 saturated heterocycles. The molecule has 0 fully saturated rings. The second kappa shape index (κ2) is 6.87. The molecule has 5 nitrogen and oxygen atoms in total. The molecular weight excluding hydrogens is 288 g/mol. The molecule has 0 unspecified atom stereocenters. The first-order valence-electron chi connectivity index (χ1n) is 7.49. The highest BCUT2D eigenvalue weighted by molar-refractivity contribution is 5.65. The Labute approximate surface area is 135 Å². The molecular formula is C18H18N4O. The fourth-order valence-electron chi connectivity index (χ4n) is 2.10. The smallest absolute Gasteiger partial charge is 0.175 e. The molecule has 1 N–H and O–H groups in total. The highest BCUT2D eigenvalue weighted by Gasteiger charge is 2.11. The number of anilines is 2. The zero-order valence-corrected chi connectivity index (χ0v) is 13.1. The van der Waals surface area contributed by atoms with Crippen LogP contribution in [0.1, 0.15) is 13.8 Å². The molecule has 0 bridgehead atoms. The number of aromatic nitrogens is 3. The van der Waals surface area contributed by atoms with Crippen molar-refractivity contribution in [2.45, 2.75) is 20.0 Å². The predicted octanol–water partition coefficient (Wildman–Crippen LogP) is 4.07. The zero-order chi connectivity index (χ0) is 16.1. The topological polar surface area (TPSA) is 59.9 Å². The van der Waals surface area contributed by atoms with Crippen molar-refractivity contribution < 1.29 is 4.74 Å². The lowest BCUT2D eigenvalue weighted by Crippen LogP contribution is -2.09. The Bertz CT molecular complexity index is 760. The van der Waals surface area contributed by atoms with Crippen molar-refractivity contribution in [1.82, 2.24) is 15.0 Å². The summed E-state index contributed by atoms with van der Waals surface area (Å²) in [5, 5.41) is 3.21. The van der Waals surface area contributed by atoms with Crippen LogP contribution < -0.4 is 10.1 Å². The van der Waals surface area contributed by atoms with Crippen LogP contribution in [0, 0.1) is 0 Å². The Morgan fingerprint density at radius 3 is 2.30 bits per heavy atom. The van der Waals surface area contributed by atoms with Gasteiger partial charge in [0.15, 0.2) is 11.6 Å². The van der Waals surface area contributed by atoms with Gasteiger partial charge in [-0.05, 0) is 50.2 Å². The van der Waals surface area contributed by atoms with E-state index in [4.69, 9.17) is 4.74 Å². The molecule has 0 aliphatic heterocycles. The third-order valence-corrected chi connectivity index (χ3v) is 3.06. The van der Waals surface area contributed by atoms with Gasteiger partial charge in [0.25, 0.3) is 0 Å². The third-order valence-electron chi connectivity index (χ3n) is 3.06. The van der Waals surface area contributed by atoms with E-state index in [1.165, 1.54) is 0 Å². The van der Waals surface area contributed by atoms with Crippen LogP contribution >= 0.6 is 0 Å². The Balaban J connectivity index is 1.98. The summed E-state index contributed by atoms with van der Waals surface area (Å²) in [5.41, 5.74) is 1.59. The summed E-state index contributed by atoms with van der Waals surface area (Å²) in [7, 11) is 0. The molecule has 0 atom stereocenters. The van der Waals surface area contributed by atoms with Gasteiger partial charge in [-0.3, -0.25) is 4.98 Å². The number of pyridine rings is 3. The number of hydrogen-bond acceptors (Lipinski definition) is 5. The van der Waals surface area contributed by atoms with E-state index in [-0.39, 0.29) is 6.10 Å². The third kappa shape index (κ3) is 3.83. The molecule has 0 aliphatic carbocycles. The lowest BCUT2D eigenvalue weighted by molar-refractivity contribution is 0.243. The van der Waals surface area contributed by atoms with Crippen molar-refractivity contribution in [2.75, 3.05) is 5.32 Å². The van der Waals surface area contributed by atoms with Crippen LogP contribution in [0.5, 0.6) is 5.75 Å². The molecule has 116 valence electrons. The average molecular weight is 306 g/mol. The van der Waals surface area contributed by atoms with Gasteiger partial charge in [0.1, 0.15) is 5.82 Å². The van der Waals surface area contributed by atoms with Crippen molar-refractivity contribution in [3.63, 3.8) is 0 Å². The molecule has 5 heteroatoms. The normalized spacial score (nSPS) is 10.6. The minimum atomic E-state index is 0.0572. The summed E-state index contributed by atoms with van der Waals surface area (Å²) in [4.78, 5) is 13.3. The fraction of sp³-hybridized carbons (Fsp3) is 0.167. The van der Waals surface area contributed by atoms with Gasteiger partial charge in [0, 0.05) is 12.4 Å². The molecule has 0 spiro atoms. The van der Waals surface area contributed by atoms with Gasteiger partial charge in [-0.25, -0.2) is 9.97 Å². The average Bonchev–Trinajstić information content (AvgIpc) is 2.58. The second-order valence-electron chi connectivity index (χ2n) is 5.26. The Hall–Kier alpha value is -2.95. The van der Waals surface area contributed by atoms with Gasteiger partial charge in [-0.1, -0.05) is 12.1 Å². The van der Waals surface area contributed by atoms with Crippen LogP contribution in [-0.2, 0) is 0 Å². The van der Waals surface area contributed by atoms with E-state index in [1.54, 1.807) is 12.4 Å².